The van der Waals surface area contributed by atoms with Crippen molar-refractivity contribution in [3.63, 3.8) is 0 Å². The second-order valence-electron chi connectivity index (χ2n) is 2.84. The molecule has 5 nitrogen and oxygen atoms in total. The highest BCUT2D eigenvalue weighted by Crippen LogP contribution is 2.18. The van der Waals surface area contributed by atoms with Gasteiger partial charge in [-0.05, 0) is 6.42 Å². The van der Waals surface area contributed by atoms with Gasteiger partial charge in [0.25, 0.3) is 0 Å². The molecule has 0 aromatic carbocycles. The van der Waals surface area contributed by atoms with Gasteiger partial charge in [0, 0.05) is 5.38 Å². The normalized spacial score (nSPS) is 13.0. The number of rotatable bonds is 3. The van der Waals surface area contributed by atoms with E-state index in [-0.39, 0.29) is 6.04 Å². The first-order chi connectivity index (χ1) is 6.81. The highest BCUT2D eigenvalue weighted by atomic mass is 32.1. The van der Waals surface area contributed by atoms with Gasteiger partial charge in [-0.25, -0.2) is 4.98 Å². The molecular formula is C8H10N4OS. The van der Waals surface area contributed by atoms with Crippen LogP contribution in [-0.4, -0.2) is 15.1 Å². The summed E-state index contributed by atoms with van der Waals surface area (Å²) in [5.74, 6) is 0.973. The predicted octanol–water partition coefficient (Wildman–Crippen LogP) is 1.60. The molecule has 0 spiro atoms. The molecule has 0 aliphatic rings. The topological polar surface area (TPSA) is 77.8 Å². The Bertz CT molecular complexity index is 397. The number of nitrogens with zero attached hydrogens (tertiary/aromatic N) is 3. The molecule has 2 rings (SSSR count). The quantitative estimate of drug-likeness (QED) is 0.832. The molecule has 0 fully saturated rings. The van der Waals surface area contributed by atoms with E-state index < -0.39 is 0 Å². The van der Waals surface area contributed by atoms with Gasteiger partial charge in [0.05, 0.1) is 11.6 Å². The standard InChI is InChI=1S/C8H10N4OS/c1-2-5(9)8-11-7(12-13-8)6-3-14-4-10-6/h3-5H,2,9H2,1H3. The molecule has 0 aliphatic carbocycles. The van der Waals surface area contributed by atoms with E-state index in [1.165, 1.54) is 11.3 Å². The van der Waals surface area contributed by atoms with E-state index in [2.05, 4.69) is 15.1 Å². The summed E-state index contributed by atoms with van der Waals surface area (Å²) in [5, 5.41) is 5.67. The van der Waals surface area contributed by atoms with E-state index in [0.29, 0.717) is 11.7 Å². The molecule has 0 aliphatic heterocycles. The molecule has 0 radical (unpaired) electrons. The number of nitrogens with two attached hydrogens (primary N) is 1. The summed E-state index contributed by atoms with van der Waals surface area (Å²) >= 11 is 1.49. The van der Waals surface area contributed by atoms with Crippen LogP contribution in [0.3, 0.4) is 0 Å². The van der Waals surface area contributed by atoms with E-state index in [1.807, 2.05) is 12.3 Å². The lowest BCUT2D eigenvalue weighted by Crippen LogP contribution is -2.08. The van der Waals surface area contributed by atoms with Crippen LogP contribution in [0.15, 0.2) is 15.4 Å². The first-order valence-electron chi connectivity index (χ1n) is 4.29. The van der Waals surface area contributed by atoms with Crippen LogP contribution in [0.5, 0.6) is 0 Å². The highest BCUT2D eigenvalue weighted by molar-refractivity contribution is 7.07. The van der Waals surface area contributed by atoms with E-state index in [1.54, 1.807) is 5.51 Å². The van der Waals surface area contributed by atoms with Crippen LogP contribution in [0.2, 0.25) is 0 Å². The molecule has 14 heavy (non-hydrogen) atoms. The van der Waals surface area contributed by atoms with E-state index >= 15 is 0 Å². The van der Waals surface area contributed by atoms with Crippen LogP contribution in [0.4, 0.5) is 0 Å². The molecule has 0 amide bonds. The molecule has 0 saturated heterocycles. The second kappa shape index (κ2) is 3.85. The summed E-state index contributed by atoms with van der Waals surface area (Å²) in [6, 6.07) is -0.185. The first kappa shape index (κ1) is 9.29. The van der Waals surface area contributed by atoms with Gasteiger partial charge in [0.15, 0.2) is 0 Å². The van der Waals surface area contributed by atoms with Gasteiger partial charge in [0.2, 0.25) is 11.7 Å². The summed E-state index contributed by atoms with van der Waals surface area (Å²) in [7, 11) is 0. The van der Waals surface area contributed by atoms with Crippen LogP contribution < -0.4 is 5.73 Å². The fraction of sp³-hybridized carbons (Fsp3) is 0.375. The van der Waals surface area contributed by atoms with Crippen molar-refractivity contribution in [2.24, 2.45) is 5.73 Å². The zero-order valence-corrected chi connectivity index (χ0v) is 8.49. The minimum atomic E-state index is -0.185. The Kier molecular flexibility index (Phi) is 2.55. The lowest BCUT2D eigenvalue weighted by molar-refractivity contribution is 0.352. The van der Waals surface area contributed by atoms with Crippen LogP contribution in [-0.2, 0) is 0 Å². The van der Waals surface area contributed by atoms with Gasteiger partial charge < -0.3 is 10.3 Å². The van der Waals surface area contributed by atoms with E-state index in [0.717, 1.165) is 12.1 Å². The molecule has 1 atom stereocenters. The molecule has 74 valence electrons. The fourth-order valence-corrected chi connectivity index (χ4v) is 1.52. The van der Waals surface area contributed by atoms with Crippen LogP contribution in [0, 0.1) is 0 Å². The van der Waals surface area contributed by atoms with Gasteiger partial charge in [-0.2, -0.15) is 4.98 Å². The largest absolute Gasteiger partial charge is 0.337 e. The zero-order valence-electron chi connectivity index (χ0n) is 7.67. The summed E-state index contributed by atoms with van der Waals surface area (Å²) in [4.78, 5) is 8.24. The monoisotopic (exact) mass is 210 g/mol. The fourth-order valence-electron chi connectivity index (χ4n) is 0.987. The molecular weight excluding hydrogens is 200 g/mol. The maximum absolute atomic E-state index is 5.75. The van der Waals surface area contributed by atoms with Crippen molar-refractivity contribution in [3.05, 3.63) is 16.8 Å². The molecule has 6 heteroatoms. The van der Waals surface area contributed by atoms with E-state index in [9.17, 15) is 0 Å². The lowest BCUT2D eigenvalue weighted by atomic mass is 10.2. The van der Waals surface area contributed by atoms with Gasteiger partial charge in [-0.3, -0.25) is 0 Å². The molecule has 2 aromatic rings. The van der Waals surface area contributed by atoms with Gasteiger partial charge in [-0.15, -0.1) is 11.3 Å². The maximum atomic E-state index is 5.75. The van der Waals surface area contributed by atoms with Crippen molar-refractivity contribution in [2.75, 3.05) is 0 Å². The number of hydrogen-bond donors (Lipinski definition) is 1. The molecule has 2 heterocycles. The SMILES string of the molecule is CCC(N)c1nc(-c2cscn2)no1. The van der Waals surface area contributed by atoms with E-state index in [4.69, 9.17) is 10.3 Å². The molecule has 0 bridgehead atoms. The number of hydrogen-bond acceptors (Lipinski definition) is 6. The van der Waals surface area contributed by atoms with Crippen LogP contribution in [0.1, 0.15) is 25.3 Å². The predicted molar refractivity (Wildman–Crippen MR) is 52.6 cm³/mol. The molecule has 1 unspecified atom stereocenters. The van der Waals surface area contributed by atoms with Crippen LogP contribution >= 0.6 is 11.3 Å². The highest BCUT2D eigenvalue weighted by Gasteiger charge is 2.14. The molecule has 2 N–H and O–H groups in total. The Balaban J connectivity index is 2.26. The minimum absolute atomic E-state index is 0.185. The van der Waals surface area contributed by atoms with Gasteiger partial charge >= 0.3 is 0 Å². The van der Waals surface area contributed by atoms with Crippen molar-refractivity contribution in [1.82, 2.24) is 15.1 Å². The summed E-state index contributed by atoms with van der Waals surface area (Å²) in [6.45, 7) is 1.97. The summed E-state index contributed by atoms with van der Waals surface area (Å²) in [6.07, 6.45) is 0.776. The second-order valence-corrected chi connectivity index (χ2v) is 3.56. The third-order valence-corrected chi connectivity index (χ3v) is 2.45. The maximum Gasteiger partial charge on any atom is 0.243 e. The number of aromatic nitrogens is 3. The Morgan fingerprint density at radius 2 is 2.50 bits per heavy atom. The third-order valence-electron chi connectivity index (χ3n) is 1.86. The van der Waals surface area contributed by atoms with Crippen molar-refractivity contribution in [3.8, 4) is 11.5 Å². The van der Waals surface area contributed by atoms with Crippen LogP contribution in [0.25, 0.3) is 11.5 Å². The third kappa shape index (κ3) is 1.66. The lowest BCUT2D eigenvalue weighted by Gasteiger charge is -1.98. The summed E-state index contributed by atoms with van der Waals surface area (Å²) in [5.41, 5.74) is 8.20. The van der Waals surface area contributed by atoms with Crippen molar-refractivity contribution in [1.29, 1.82) is 0 Å². The Morgan fingerprint density at radius 3 is 3.14 bits per heavy atom. The number of thiazole rings is 1. The Morgan fingerprint density at radius 1 is 1.64 bits per heavy atom. The Hall–Kier alpha value is -1.27. The average Bonchev–Trinajstić information content (AvgIpc) is 2.86. The smallest absolute Gasteiger partial charge is 0.243 e. The van der Waals surface area contributed by atoms with Crippen molar-refractivity contribution >= 4 is 11.3 Å². The molecule has 2 aromatic heterocycles. The van der Waals surface area contributed by atoms with Crippen molar-refractivity contribution in [2.45, 2.75) is 19.4 Å². The van der Waals surface area contributed by atoms with Gasteiger partial charge in [0.1, 0.15) is 5.69 Å². The first-order valence-corrected chi connectivity index (χ1v) is 5.23. The van der Waals surface area contributed by atoms with Crippen molar-refractivity contribution < 1.29 is 4.52 Å². The zero-order chi connectivity index (χ0) is 9.97. The average molecular weight is 210 g/mol. The Labute approximate surface area is 85.0 Å². The summed E-state index contributed by atoms with van der Waals surface area (Å²) < 4.78 is 5.02. The minimum Gasteiger partial charge on any atom is -0.337 e. The van der Waals surface area contributed by atoms with Gasteiger partial charge in [-0.1, -0.05) is 12.1 Å². The molecule has 0 saturated carbocycles.